The number of halogens is 1. The van der Waals surface area contributed by atoms with Crippen LogP contribution in [0.25, 0.3) is 0 Å². The second-order valence-corrected chi connectivity index (χ2v) is 4.45. The van der Waals surface area contributed by atoms with E-state index in [1.54, 1.807) is 12.3 Å². The number of rotatable bonds is 4. The van der Waals surface area contributed by atoms with E-state index in [2.05, 4.69) is 4.98 Å². The Morgan fingerprint density at radius 1 is 1.33 bits per heavy atom. The summed E-state index contributed by atoms with van der Waals surface area (Å²) < 4.78 is 5.82. The minimum absolute atomic E-state index is 0.571. The van der Waals surface area contributed by atoms with Gasteiger partial charge in [-0.2, -0.15) is 0 Å². The highest BCUT2D eigenvalue weighted by Crippen LogP contribution is 2.28. The molecule has 0 atom stereocenters. The zero-order valence-electron chi connectivity index (χ0n) is 10.2. The van der Waals surface area contributed by atoms with Crippen LogP contribution in [0.15, 0.2) is 36.5 Å². The predicted octanol–water partition coefficient (Wildman–Crippen LogP) is 3.34. The number of nitrogens with zero attached hydrogens (tertiary/aromatic N) is 1. The Hall–Kier alpha value is -1.58. The fraction of sp³-hybridized carbons (Fsp3) is 0.214. The molecule has 1 aromatic carbocycles. The summed E-state index contributed by atoms with van der Waals surface area (Å²) in [5.41, 5.74) is 7.56. The molecule has 0 aliphatic carbocycles. The molecule has 0 amide bonds. The maximum atomic E-state index is 5.91. The van der Waals surface area contributed by atoms with Crippen LogP contribution in [0.3, 0.4) is 0 Å². The van der Waals surface area contributed by atoms with Crippen LogP contribution >= 0.6 is 11.6 Å². The van der Waals surface area contributed by atoms with E-state index in [-0.39, 0.29) is 0 Å². The van der Waals surface area contributed by atoms with Crippen molar-refractivity contribution in [3.63, 3.8) is 0 Å². The Morgan fingerprint density at radius 3 is 2.89 bits per heavy atom. The van der Waals surface area contributed by atoms with Crippen LogP contribution in [0.5, 0.6) is 11.6 Å². The fourth-order valence-electron chi connectivity index (χ4n) is 1.69. The molecular formula is C14H15ClN2O. The standard InChI is InChI=1S/C14H15ClN2O/c1-10-9-12(15)4-5-13(10)18-14-11(6-7-16)3-2-8-17-14/h2-5,8-9H,6-7,16H2,1H3. The molecular weight excluding hydrogens is 248 g/mol. The smallest absolute Gasteiger partial charge is 0.222 e. The van der Waals surface area contributed by atoms with Crippen molar-refractivity contribution in [2.24, 2.45) is 5.73 Å². The van der Waals surface area contributed by atoms with Gasteiger partial charge in [0.1, 0.15) is 5.75 Å². The molecule has 0 saturated carbocycles. The van der Waals surface area contributed by atoms with Crippen molar-refractivity contribution in [2.45, 2.75) is 13.3 Å². The molecule has 0 aliphatic rings. The minimum Gasteiger partial charge on any atom is -0.438 e. The van der Waals surface area contributed by atoms with Gasteiger partial charge in [0.2, 0.25) is 5.88 Å². The van der Waals surface area contributed by atoms with Crippen LogP contribution in [0.1, 0.15) is 11.1 Å². The Balaban J connectivity index is 2.28. The van der Waals surface area contributed by atoms with Gasteiger partial charge >= 0.3 is 0 Å². The van der Waals surface area contributed by atoms with E-state index in [9.17, 15) is 0 Å². The Labute approximate surface area is 112 Å². The van der Waals surface area contributed by atoms with Crippen molar-refractivity contribution < 1.29 is 4.74 Å². The lowest BCUT2D eigenvalue weighted by atomic mass is 10.2. The number of hydrogen-bond acceptors (Lipinski definition) is 3. The van der Waals surface area contributed by atoms with Gasteiger partial charge < -0.3 is 10.5 Å². The van der Waals surface area contributed by atoms with E-state index in [0.29, 0.717) is 17.4 Å². The van der Waals surface area contributed by atoms with Gasteiger partial charge in [0.15, 0.2) is 0 Å². The molecule has 3 nitrogen and oxygen atoms in total. The van der Waals surface area contributed by atoms with E-state index < -0.39 is 0 Å². The van der Waals surface area contributed by atoms with Gasteiger partial charge in [-0.25, -0.2) is 4.98 Å². The summed E-state index contributed by atoms with van der Waals surface area (Å²) in [4.78, 5) is 4.25. The number of ether oxygens (including phenoxy) is 1. The monoisotopic (exact) mass is 262 g/mol. The third-order valence-electron chi connectivity index (χ3n) is 2.61. The van der Waals surface area contributed by atoms with Crippen molar-refractivity contribution in [3.05, 3.63) is 52.7 Å². The molecule has 2 N–H and O–H groups in total. The number of nitrogens with two attached hydrogens (primary N) is 1. The van der Waals surface area contributed by atoms with E-state index in [1.807, 2.05) is 31.2 Å². The highest BCUT2D eigenvalue weighted by atomic mass is 35.5. The van der Waals surface area contributed by atoms with Gasteiger partial charge in [-0.05, 0) is 49.7 Å². The Bertz CT molecular complexity index is 543. The topological polar surface area (TPSA) is 48.1 Å². The molecule has 94 valence electrons. The molecule has 18 heavy (non-hydrogen) atoms. The zero-order chi connectivity index (χ0) is 13.0. The first-order chi connectivity index (χ1) is 8.70. The van der Waals surface area contributed by atoms with Crippen LogP contribution in [0.4, 0.5) is 0 Å². The Morgan fingerprint density at radius 2 is 2.17 bits per heavy atom. The summed E-state index contributed by atoms with van der Waals surface area (Å²) >= 11 is 5.91. The lowest BCUT2D eigenvalue weighted by molar-refractivity contribution is 0.453. The van der Waals surface area contributed by atoms with Gasteiger partial charge in [-0.3, -0.25) is 0 Å². The van der Waals surface area contributed by atoms with E-state index >= 15 is 0 Å². The molecule has 0 spiro atoms. The van der Waals surface area contributed by atoms with Crippen LogP contribution in [0, 0.1) is 6.92 Å². The summed E-state index contributed by atoms with van der Waals surface area (Å²) in [5.74, 6) is 1.37. The molecule has 1 aromatic heterocycles. The average molecular weight is 263 g/mol. The quantitative estimate of drug-likeness (QED) is 0.919. The summed E-state index contributed by atoms with van der Waals surface area (Å²) in [5, 5.41) is 0.697. The molecule has 0 bridgehead atoms. The normalized spacial score (nSPS) is 10.4. The maximum absolute atomic E-state index is 5.91. The predicted molar refractivity (Wildman–Crippen MR) is 73.3 cm³/mol. The first-order valence-electron chi connectivity index (χ1n) is 5.78. The van der Waals surface area contributed by atoms with Crippen molar-refractivity contribution in [1.29, 1.82) is 0 Å². The third-order valence-corrected chi connectivity index (χ3v) is 2.84. The summed E-state index contributed by atoms with van der Waals surface area (Å²) in [7, 11) is 0. The highest BCUT2D eigenvalue weighted by Gasteiger charge is 2.07. The molecule has 0 fully saturated rings. The van der Waals surface area contributed by atoms with E-state index in [0.717, 1.165) is 23.3 Å². The molecule has 2 rings (SSSR count). The van der Waals surface area contributed by atoms with Gasteiger partial charge in [-0.15, -0.1) is 0 Å². The van der Waals surface area contributed by atoms with Crippen molar-refractivity contribution in [3.8, 4) is 11.6 Å². The Kier molecular flexibility index (Phi) is 4.18. The molecule has 0 unspecified atom stereocenters. The van der Waals surface area contributed by atoms with Gasteiger partial charge in [0.05, 0.1) is 0 Å². The van der Waals surface area contributed by atoms with Gasteiger partial charge in [-0.1, -0.05) is 17.7 Å². The summed E-state index contributed by atoms with van der Waals surface area (Å²) in [6, 6.07) is 9.36. The van der Waals surface area contributed by atoms with Gasteiger partial charge in [0.25, 0.3) is 0 Å². The lowest BCUT2D eigenvalue weighted by Crippen LogP contribution is -2.05. The number of hydrogen-bond donors (Lipinski definition) is 1. The number of benzene rings is 1. The third kappa shape index (κ3) is 3.00. The summed E-state index contributed by atoms with van der Waals surface area (Å²) in [6.07, 6.45) is 2.45. The fourth-order valence-corrected chi connectivity index (χ4v) is 1.92. The first-order valence-corrected chi connectivity index (χ1v) is 6.16. The molecule has 0 radical (unpaired) electrons. The van der Waals surface area contributed by atoms with E-state index in [4.69, 9.17) is 22.1 Å². The van der Waals surface area contributed by atoms with Crippen molar-refractivity contribution >= 4 is 11.6 Å². The minimum atomic E-state index is 0.571. The SMILES string of the molecule is Cc1cc(Cl)ccc1Oc1ncccc1CCN. The molecule has 2 aromatic rings. The molecule has 0 aliphatic heterocycles. The average Bonchev–Trinajstić information content (AvgIpc) is 2.35. The van der Waals surface area contributed by atoms with Crippen molar-refractivity contribution in [2.75, 3.05) is 6.54 Å². The highest BCUT2D eigenvalue weighted by molar-refractivity contribution is 6.30. The van der Waals surface area contributed by atoms with Gasteiger partial charge in [0, 0.05) is 16.8 Å². The van der Waals surface area contributed by atoms with Crippen LogP contribution < -0.4 is 10.5 Å². The zero-order valence-corrected chi connectivity index (χ0v) is 10.9. The first kappa shape index (κ1) is 12.9. The van der Waals surface area contributed by atoms with E-state index in [1.165, 1.54) is 0 Å². The second-order valence-electron chi connectivity index (χ2n) is 4.02. The summed E-state index contributed by atoms with van der Waals surface area (Å²) in [6.45, 7) is 2.52. The lowest BCUT2D eigenvalue weighted by Gasteiger charge is -2.11. The van der Waals surface area contributed by atoms with Crippen LogP contribution in [-0.2, 0) is 6.42 Å². The number of aromatic nitrogens is 1. The maximum Gasteiger partial charge on any atom is 0.222 e. The largest absolute Gasteiger partial charge is 0.438 e. The van der Waals surface area contributed by atoms with Crippen LogP contribution in [-0.4, -0.2) is 11.5 Å². The number of pyridine rings is 1. The number of aryl methyl sites for hydroxylation is 1. The van der Waals surface area contributed by atoms with Crippen LogP contribution in [0.2, 0.25) is 5.02 Å². The van der Waals surface area contributed by atoms with Crippen molar-refractivity contribution in [1.82, 2.24) is 4.98 Å². The molecule has 0 saturated heterocycles. The molecule has 4 heteroatoms. The molecule has 1 heterocycles. The second kappa shape index (κ2) is 5.85.